The van der Waals surface area contributed by atoms with Crippen LogP contribution in [0.2, 0.25) is 0 Å². The van der Waals surface area contributed by atoms with Gasteiger partial charge in [0.15, 0.2) is 0 Å². The SMILES string of the molecule is [MgH2].c1ccc2[nH]nnc2c1. The first-order valence-electron chi connectivity index (χ1n) is 2.72. The number of aromatic amines is 1. The monoisotopic (exact) mass is 145 g/mol. The Kier molecular flexibility index (Phi) is 2.23. The maximum Gasteiger partial charge on any atom is 0.316 e. The highest BCUT2D eigenvalue weighted by Crippen LogP contribution is 2.03. The van der Waals surface area contributed by atoms with E-state index in [1.165, 1.54) is 0 Å². The van der Waals surface area contributed by atoms with Crippen molar-refractivity contribution >= 4 is 34.1 Å². The molecule has 1 heterocycles. The third kappa shape index (κ3) is 1.12. The zero-order chi connectivity index (χ0) is 6.10. The molecule has 0 unspecified atom stereocenters. The second kappa shape index (κ2) is 2.98. The van der Waals surface area contributed by atoms with Gasteiger partial charge in [-0.15, -0.1) is 5.10 Å². The maximum atomic E-state index is 3.81. The summed E-state index contributed by atoms with van der Waals surface area (Å²) in [5, 5.41) is 10.2. The number of aromatic nitrogens is 3. The molecule has 0 aliphatic rings. The fraction of sp³-hybridized carbons (Fsp3) is 0. The summed E-state index contributed by atoms with van der Waals surface area (Å²) in [6.07, 6.45) is 0. The van der Waals surface area contributed by atoms with E-state index in [1.54, 1.807) is 0 Å². The normalized spacial score (nSPS) is 9.20. The van der Waals surface area contributed by atoms with Gasteiger partial charge < -0.3 is 0 Å². The van der Waals surface area contributed by atoms with E-state index in [0.717, 1.165) is 11.0 Å². The first-order valence-corrected chi connectivity index (χ1v) is 2.72. The third-order valence-electron chi connectivity index (χ3n) is 1.23. The Bertz CT molecular complexity index is 287. The second-order valence-corrected chi connectivity index (χ2v) is 1.83. The summed E-state index contributed by atoms with van der Waals surface area (Å²) in [4.78, 5) is 0. The average Bonchev–Trinajstić information content (AvgIpc) is 2.33. The number of fused-ring (bicyclic) bond motifs is 1. The van der Waals surface area contributed by atoms with Crippen molar-refractivity contribution < 1.29 is 0 Å². The fourth-order valence-electron chi connectivity index (χ4n) is 0.788. The molecule has 0 fully saturated rings. The quantitative estimate of drug-likeness (QED) is 0.532. The number of hydrogen-bond acceptors (Lipinski definition) is 2. The van der Waals surface area contributed by atoms with Crippen LogP contribution in [0.25, 0.3) is 11.0 Å². The molecule has 4 heteroatoms. The van der Waals surface area contributed by atoms with Crippen LogP contribution in [-0.4, -0.2) is 38.5 Å². The minimum atomic E-state index is 0. The van der Waals surface area contributed by atoms with Crippen molar-refractivity contribution in [2.45, 2.75) is 0 Å². The second-order valence-electron chi connectivity index (χ2n) is 1.83. The summed E-state index contributed by atoms with van der Waals surface area (Å²) in [5.41, 5.74) is 1.90. The van der Waals surface area contributed by atoms with E-state index in [2.05, 4.69) is 15.4 Å². The van der Waals surface area contributed by atoms with Crippen LogP contribution >= 0.6 is 0 Å². The van der Waals surface area contributed by atoms with Crippen molar-refractivity contribution in [3.05, 3.63) is 24.3 Å². The van der Waals surface area contributed by atoms with E-state index < -0.39 is 0 Å². The number of rotatable bonds is 0. The van der Waals surface area contributed by atoms with Crippen LogP contribution in [0.15, 0.2) is 24.3 Å². The van der Waals surface area contributed by atoms with Crippen molar-refractivity contribution in [1.29, 1.82) is 0 Å². The molecule has 0 aliphatic carbocycles. The van der Waals surface area contributed by atoms with Gasteiger partial charge in [-0.25, -0.2) is 0 Å². The zero-order valence-electron chi connectivity index (χ0n) is 4.70. The van der Waals surface area contributed by atoms with Gasteiger partial charge in [-0.3, -0.25) is 5.10 Å². The summed E-state index contributed by atoms with van der Waals surface area (Å²) in [7, 11) is 0. The topological polar surface area (TPSA) is 41.6 Å². The Morgan fingerprint density at radius 1 is 1.20 bits per heavy atom. The summed E-state index contributed by atoms with van der Waals surface area (Å²) >= 11 is 0. The van der Waals surface area contributed by atoms with Crippen LogP contribution in [0.3, 0.4) is 0 Å². The van der Waals surface area contributed by atoms with E-state index in [9.17, 15) is 0 Å². The van der Waals surface area contributed by atoms with Gasteiger partial charge in [0.2, 0.25) is 0 Å². The molecular formula is C6H7MgN3. The molecule has 0 bridgehead atoms. The van der Waals surface area contributed by atoms with Crippen molar-refractivity contribution in [3.8, 4) is 0 Å². The van der Waals surface area contributed by atoms with E-state index >= 15 is 0 Å². The lowest BCUT2D eigenvalue weighted by molar-refractivity contribution is 0.959. The first-order chi connectivity index (χ1) is 4.47. The van der Waals surface area contributed by atoms with Crippen LogP contribution in [-0.2, 0) is 0 Å². The average molecular weight is 145 g/mol. The highest BCUT2D eigenvalue weighted by atomic mass is 24.3. The molecule has 0 saturated carbocycles. The number of para-hydroxylation sites is 1. The molecule has 0 atom stereocenters. The van der Waals surface area contributed by atoms with E-state index in [0.29, 0.717) is 0 Å². The van der Waals surface area contributed by atoms with E-state index in [1.807, 2.05) is 24.3 Å². The molecular weight excluding hydrogens is 138 g/mol. The molecule has 0 aliphatic heterocycles. The van der Waals surface area contributed by atoms with Crippen LogP contribution in [0.5, 0.6) is 0 Å². The number of benzene rings is 1. The highest BCUT2D eigenvalue weighted by Gasteiger charge is 1.90. The van der Waals surface area contributed by atoms with Crippen molar-refractivity contribution in [2.75, 3.05) is 0 Å². The van der Waals surface area contributed by atoms with Crippen LogP contribution in [0, 0.1) is 0 Å². The molecule has 1 aromatic heterocycles. The fourth-order valence-corrected chi connectivity index (χ4v) is 0.788. The van der Waals surface area contributed by atoms with Crippen molar-refractivity contribution in [1.82, 2.24) is 15.4 Å². The molecule has 48 valence electrons. The van der Waals surface area contributed by atoms with Gasteiger partial charge >= 0.3 is 23.1 Å². The predicted octanol–water partition coefficient (Wildman–Crippen LogP) is 0.0417. The Labute approximate surface area is 74.0 Å². The van der Waals surface area contributed by atoms with Crippen LogP contribution in [0.4, 0.5) is 0 Å². The summed E-state index contributed by atoms with van der Waals surface area (Å²) in [6.45, 7) is 0. The maximum absolute atomic E-state index is 3.81. The van der Waals surface area contributed by atoms with Gasteiger partial charge in [0, 0.05) is 0 Å². The molecule has 3 nitrogen and oxygen atoms in total. The van der Waals surface area contributed by atoms with Crippen molar-refractivity contribution in [3.63, 3.8) is 0 Å². The predicted molar refractivity (Wildman–Crippen MR) is 42.4 cm³/mol. The van der Waals surface area contributed by atoms with Gasteiger partial charge in [-0.1, -0.05) is 17.3 Å². The summed E-state index contributed by atoms with van der Waals surface area (Å²) in [5.74, 6) is 0. The van der Waals surface area contributed by atoms with E-state index in [-0.39, 0.29) is 23.1 Å². The lowest BCUT2D eigenvalue weighted by atomic mass is 10.3. The molecule has 1 aromatic carbocycles. The van der Waals surface area contributed by atoms with Crippen LogP contribution < -0.4 is 0 Å². The number of H-pyrrole nitrogens is 1. The van der Waals surface area contributed by atoms with Gasteiger partial charge in [0.1, 0.15) is 5.52 Å². The number of nitrogens with zero attached hydrogens (tertiary/aromatic N) is 2. The molecule has 10 heavy (non-hydrogen) atoms. The Hall–Kier alpha value is -0.614. The standard InChI is InChI=1S/C6H5N3.Mg.2H/c1-2-4-6-5(3-1)7-9-8-6;;;/h1-4H,(H,7,8,9);;;. The Morgan fingerprint density at radius 2 is 2.00 bits per heavy atom. The minimum absolute atomic E-state index is 0. The lowest BCUT2D eigenvalue weighted by Gasteiger charge is -1.79. The van der Waals surface area contributed by atoms with Crippen LogP contribution in [0.1, 0.15) is 0 Å². The zero-order valence-corrected chi connectivity index (χ0v) is 4.70. The summed E-state index contributed by atoms with van der Waals surface area (Å²) < 4.78 is 0. The Morgan fingerprint density at radius 3 is 2.80 bits per heavy atom. The summed E-state index contributed by atoms with van der Waals surface area (Å²) in [6, 6.07) is 7.74. The van der Waals surface area contributed by atoms with Crippen molar-refractivity contribution in [2.24, 2.45) is 0 Å². The minimum Gasteiger partial charge on any atom is -0.258 e. The van der Waals surface area contributed by atoms with E-state index in [4.69, 9.17) is 0 Å². The Balaban J connectivity index is 0.000000500. The molecule has 0 spiro atoms. The molecule has 1 N–H and O–H groups in total. The smallest absolute Gasteiger partial charge is 0.258 e. The highest BCUT2D eigenvalue weighted by molar-refractivity contribution is 5.75. The molecule has 2 rings (SSSR count). The van der Waals surface area contributed by atoms with Gasteiger partial charge in [0.25, 0.3) is 0 Å². The third-order valence-corrected chi connectivity index (χ3v) is 1.23. The molecule has 0 radical (unpaired) electrons. The van der Waals surface area contributed by atoms with Gasteiger partial charge in [0.05, 0.1) is 5.52 Å². The largest absolute Gasteiger partial charge is 0.316 e. The number of nitrogens with one attached hydrogen (secondary N) is 1. The molecule has 0 amide bonds. The lowest BCUT2D eigenvalue weighted by Crippen LogP contribution is -1.63. The van der Waals surface area contributed by atoms with Gasteiger partial charge in [-0.05, 0) is 12.1 Å². The van der Waals surface area contributed by atoms with Gasteiger partial charge in [-0.2, -0.15) is 0 Å². The molecule has 0 saturated heterocycles. The number of hydrogen-bond donors (Lipinski definition) is 1. The first kappa shape index (κ1) is 7.49. The molecule has 2 aromatic rings.